The zero-order chi connectivity index (χ0) is 22.1. The Balaban J connectivity index is 1.61. The second-order valence-corrected chi connectivity index (χ2v) is 6.38. The average molecular weight is 410 g/mol. The Morgan fingerprint density at radius 3 is 2.26 bits per heavy atom. The van der Waals surface area contributed by atoms with E-state index in [-0.39, 0.29) is 12.5 Å². The van der Waals surface area contributed by atoms with Crippen LogP contribution in [0.2, 0.25) is 0 Å². The van der Waals surface area contributed by atoms with Crippen molar-refractivity contribution < 1.29 is 19.1 Å². The highest BCUT2D eigenvalue weighted by molar-refractivity contribution is 5.92. The predicted octanol–water partition coefficient (Wildman–Crippen LogP) is 3.76. The lowest BCUT2D eigenvalue weighted by Crippen LogP contribution is -2.20. The fourth-order valence-electron chi connectivity index (χ4n) is 2.63. The van der Waals surface area contributed by atoms with Gasteiger partial charge < -0.3 is 14.8 Å². The van der Waals surface area contributed by atoms with Crippen molar-refractivity contribution in [2.24, 2.45) is 0 Å². The van der Waals surface area contributed by atoms with Gasteiger partial charge in [0.05, 0.1) is 24.3 Å². The number of esters is 1. The minimum atomic E-state index is -0.420. The fourth-order valence-corrected chi connectivity index (χ4v) is 2.63. The first-order chi connectivity index (χ1) is 15.1. The first-order valence-corrected chi connectivity index (χ1v) is 9.30. The number of ether oxygens (including phenoxy) is 2. The molecule has 0 saturated carbocycles. The number of anilines is 1. The van der Waals surface area contributed by atoms with Gasteiger partial charge in [-0.3, -0.25) is 4.79 Å². The molecule has 0 aliphatic carbocycles. The fraction of sp³-hybridized carbons (Fsp3) is 0.0800. The third kappa shape index (κ3) is 6.22. The molecule has 0 heterocycles. The number of benzene rings is 3. The molecule has 0 aliphatic rings. The molecule has 0 bridgehead atoms. The van der Waals surface area contributed by atoms with Gasteiger partial charge in [-0.2, -0.15) is 5.26 Å². The Bertz CT molecular complexity index is 1200. The van der Waals surface area contributed by atoms with Crippen LogP contribution in [0.15, 0.2) is 72.8 Å². The quantitative estimate of drug-likeness (QED) is 0.511. The number of carbonyl (C=O) groups excluding carboxylic acids is 2. The Hall–Kier alpha value is -4.55. The molecule has 152 valence electrons. The van der Waals surface area contributed by atoms with Gasteiger partial charge in [0.2, 0.25) is 0 Å². The molecule has 0 saturated heterocycles. The molecular formula is C25H18N2O4. The van der Waals surface area contributed by atoms with Crippen LogP contribution >= 0.6 is 0 Å². The molecule has 3 aromatic carbocycles. The summed E-state index contributed by atoms with van der Waals surface area (Å²) >= 11 is 0. The van der Waals surface area contributed by atoms with Crippen LogP contribution in [0, 0.1) is 23.2 Å². The molecule has 6 heteroatoms. The Labute approximate surface area is 180 Å². The zero-order valence-corrected chi connectivity index (χ0v) is 16.7. The van der Waals surface area contributed by atoms with E-state index in [1.165, 1.54) is 7.11 Å². The molecule has 0 atom stereocenters. The minimum absolute atomic E-state index is 0.165. The summed E-state index contributed by atoms with van der Waals surface area (Å²) in [6.07, 6.45) is 0. The van der Waals surface area contributed by atoms with Gasteiger partial charge in [0.25, 0.3) is 5.91 Å². The van der Waals surface area contributed by atoms with Crippen molar-refractivity contribution in [3.8, 4) is 23.7 Å². The number of carbonyl (C=O) groups is 2. The summed E-state index contributed by atoms with van der Waals surface area (Å²) in [5, 5.41) is 11.6. The summed E-state index contributed by atoms with van der Waals surface area (Å²) in [5.41, 5.74) is 2.91. The molecule has 0 aliphatic heterocycles. The number of nitrogens with zero attached hydrogens (tertiary/aromatic N) is 1. The first kappa shape index (κ1) is 21.2. The van der Waals surface area contributed by atoms with Gasteiger partial charge in [0.15, 0.2) is 6.61 Å². The minimum Gasteiger partial charge on any atom is -0.484 e. The third-order valence-corrected chi connectivity index (χ3v) is 4.13. The highest BCUT2D eigenvalue weighted by atomic mass is 16.5. The van der Waals surface area contributed by atoms with Gasteiger partial charge in [-0.1, -0.05) is 24.0 Å². The number of hydrogen-bond acceptors (Lipinski definition) is 5. The van der Waals surface area contributed by atoms with E-state index in [0.29, 0.717) is 33.7 Å². The average Bonchev–Trinajstić information content (AvgIpc) is 2.81. The molecule has 0 fully saturated rings. The van der Waals surface area contributed by atoms with Crippen LogP contribution in [0.4, 0.5) is 5.69 Å². The van der Waals surface area contributed by atoms with E-state index in [0.717, 1.165) is 0 Å². The maximum atomic E-state index is 12.2. The van der Waals surface area contributed by atoms with Crippen LogP contribution in [-0.4, -0.2) is 25.6 Å². The Morgan fingerprint density at radius 1 is 0.903 bits per heavy atom. The number of methoxy groups -OCH3 is 1. The maximum absolute atomic E-state index is 12.2. The van der Waals surface area contributed by atoms with Gasteiger partial charge >= 0.3 is 5.97 Å². The first-order valence-electron chi connectivity index (χ1n) is 9.30. The summed E-state index contributed by atoms with van der Waals surface area (Å²) in [6.45, 7) is -0.165. The highest BCUT2D eigenvalue weighted by Crippen LogP contribution is 2.13. The van der Waals surface area contributed by atoms with E-state index in [1.54, 1.807) is 66.7 Å². The lowest BCUT2D eigenvalue weighted by molar-refractivity contribution is -0.118. The van der Waals surface area contributed by atoms with Crippen LogP contribution in [-0.2, 0) is 9.53 Å². The van der Waals surface area contributed by atoms with E-state index in [1.807, 2.05) is 12.1 Å². The molecular weight excluding hydrogens is 392 g/mol. The van der Waals surface area contributed by atoms with Crippen LogP contribution in [0.5, 0.6) is 5.75 Å². The molecule has 6 nitrogen and oxygen atoms in total. The maximum Gasteiger partial charge on any atom is 0.337 e. The molecule has 0 spiro atoms. The van der Waals surface area contributed by atoms with Crippen LogP contribution in [0.1, 0.15) is 27.0 Å². The lowest BCUT2D eigenvalue weighted by Gasteiger charge is -2.08. The van der Waals surface area contributed by atoms with E-state index in [9.17, 15) is 9.59 Å². The topological polar surface area (TPSA) is 88.4 Å². The van der Waals surface area contributed by atoms with E-state index in [2.05, 4.69) is 17.2 Å². The molecule has 1 amide bonds. The van der Waals surface area contributed by atoms with Crippen molar-refractivity contribution in [2.45, 2.75) is 0 Å². The number of hydrogen-bond donors (Lipinski definition) is 1. The lowest BCUT2D eigenvalue weighted by atomic mass is 10.1. The molecule has 0 radical (unpaired) electrons. The van der Waals surface area contributed by atoms with Crippen molar-refractivity contribution >= 4 is 17.6 Å². The molecule has 1 N–H and O–H groups in total. The van der Waals surface area contributed by atoms with Gasteiger partial charge in [0.1, 0.15) is 5.75 Å². The number of nitrogens with one attached hydrogen (secondary N) is 1. The molecule has 0 unspecified atom stereocenters. The van der Waals surface area contributed by atoms with Crippen molar-refractivity contribution in [3.63, 3.8) is 0 Å². The monoisotopic (exact) mass is 410 g/mol. The second-order valence-electron chi connectivity index (χ2n) is 6.38. The van der Waals surface area contributed by atoms with Gasteiger partial charge in [-0.05, 0) is 60.7 Å². The number of rotatable bonds is 5. The smallest absolute Gasteiger partial charge is 0.337 e. The summed E-state index contributed by atoms with van der Waals surface area (Å²) in [7, 11) is 1.33. The van der Waals surface area contributed by atoms with Crippen LogP contribution in [0.25, 0.3) is 0 Å². The Kier molecular flexibility index (Phi) is 7.03. The van der Waals surface area contributed by atoms with Crippen LogP contribution < -0.4 is 10.1 Å². The van der Waals surface area contributed by atoms with E-state index >= 15 is 0 Å². The van der Waals surface area contributed by atoms with E-state index < -0.39 is 5.97 Å². The molecule has 3 rings (SSSR count). The largest absolute Gasteiger partial charge is 0.484 e. The standard InChI is InChI=1S/C25H18N2O4/c1-30-25(29)21-6-2-4-18(14-21)8-9-19-5-3-7-22(15-19)27-24(28)17-31-23-12-10-20(16-26)11-13-23/h2-7,10-15H,17H2,1H3,(H,27,28). The summed E-state index contributed by atoms with van der Waals surface area (Å²) in [6, 6.07) is 22.5. The van der Waals surface area contributed by atoms with Crippen molar-refractivity contribution in [1.29, 1.82) is 5.26 Å². The van der Waals surface area contributed by atoms with Gasteiger partial charge in [-0.15, -0.1) is 0 Å². The van der Waals surface area contributed by atoms with Crippen molar-refractivity contribution in [2.75, 3.05) is 19.0 Å². The van der Waals surface area contributed by atoms with Crippen molar-refractivity contribution in [1.82, 2.24) is 0 Å². The zero-order valence-electron chi connectivity index (χ0n) is 16.7. The summed E-state index contributed by atoms with van der Waals surface area (Å²) < 4.78 is 10.1. The second kappa shape index (κ2) is 10.3. The molecule has 0 aromatic heterocycles. The highest BCUT2D eigenvalue weighted by Gasteiger charge is 2.06. The van der Waals surface area contributed by atoms with Gasteiger partial charge in [0, 0.05) is 16.8 Å². The summed E-state index contributed by atoms with van der Waals surface area (Å²) in [4.78, 5) is 23.8. The number of nitriles is 1. The van der Waals surface area contributed by atoms with Gasteiger partial charge in [-0.25, -0.2) is 4.79 Å². The number of amides is 1. The Morgan fingerprint density at radius 2 is 1.58 bits per heavy atom. The molecule has 31 heavy (non-hydrogen) atoms. The SMILES string of the molecule is COC(=O)c1cccc(C#Cc2cccc(NC(=O)COc3ccc(C#N)cc3)c2)c1. The van der Waals surface area contributed by atoms with Crippen LogP contribution in [0.3, 0.4) is 0 Å². The predicted molar refractivity (Wildman–Crippen MR) is 115 cm³/mol. The third-order valence-electron chi connectivity index (χ3n) is 4.13. The molecule has 3 aromatic rings. The summed E-state index contributed by atoms with van der Waals surface area (Å²) in [5.74, 6) is 5.78. The van der Waals surface area contributed by atoms with Crippen molar-refractivity contribution in [3.05, 3.63) is 95.1 Å². The van der Waals surface area contributed by atoms with E-state index in [4.69, 9.17) is 14.7 Å². The normalized spacial score (nSPS) is 9.55.